The number of rotatable bonds is 6. The number of aromatic nitrogens is 1. The number of methoxy groups -OCH3 is 1. The van der Waals surface area contributed by atoms with Gasteiger partial charge in [-0.2, -0.15) is 0 Å². The Morgan fingerprint density at radius 2 is 2.25 bits per heavy atom. The SMILES string of the molecule is COc1ccc(NCc2cnco2)cc1OC1CCC1. The van der Waals surface area contributed by atoms with Gasteiger partial charge in [-0.25, -0.2) is 4.98 Å². The van der Waals surface area contributed by atoms with E-state index in [0.29, 0.717) is 12.6 Å². The van der Waals surface area contributed by atoms with E-state index >= 15 is 0 Å². The van der Waals surface area contributed by atoms with Crippen molar-refractivity contribution in [3.8, 4) is 11.5 Å². The Kier molecular flexibility index (Phi) is 3.76. The molecule has 0 spiro atoms. The van der Waals surface area contributed by atoms with Crippen molar-refractivity contribution >= 4 is 5.69 Å². The molecule has 0 amide bonds. The normalized spacial score (nSPS) is 14.7. The smallest absolute Gasteiger partial charge is 0.180 e. The molecule has 20 heavy (non-hydrogen) atoms. The van der Waals surface area contributed by atoms with Crippen LogP contribution in [0.25, 0.3) is 0 Å². The van der Waals surface area contributed by atoms with Crippen LogP contribution in [0.3, 0.4) is 0 Å². The summed E-state index contributed by atoms with van der Waals surface area (Å²) in [5, 5.41) is 3.28. The molecule has 106 valence electrons. The quantitative estimate of drug-likeness (QED) is 0.876. The fourth-order valence-electron chi connectivity index (χ4n) is 2.07. The molecule has 0 radical (unpaired) electrons. The number of hydrogen-bond acceptors (Lipinski definition) is 5. The van der Waals surface area contributed by atoms with E-state index < -0.39 is 0 Å². The van der Waals surface area contributed by atoms with E-state index in [9.17, 15) is 0 Å². The molecule has 0 aliphatic heterocycles. The Bertz CT molecular complexity index is 550. The van der Waals surface area contributed by atoms with Gasteiger partial charge < -0.3 is 19.2 Å². The summed E-state index contributed by atoms with van der Waals surface area (Å²) in [5.41, 5.74) is 0.969. The van der Waals surface area contributed by atoms with Crippen LogP contribution in [0.2, 0.25) is 0 Å². The molecule has 0 bridgehead atoms. The topological polar surface area (TPSA) is 56.5 Å². The first kappa shape index (κ1) is 12.8. The maximum absolute atomic E-state index is 5.95. The van der Waals surface area contributed by atoms with Crippen molar-refractivity contribution in [1.29, 1.82) is 0 Å². The van der Waals surface area contributed by atoms with E-state index in [2.05, 4.69) is 10.3 Å². The molecule has 1 aliphatic rings. The highest BCUT2D eigenvalue weighted by Gasteiger charge is 2.20. The third-order valence-electron chi connectivity index (χ3n) is 3.46. The fourth-order valence-corrected chi connectivity index (χ4v) is 2.07. The van der Waals surface area contributed by atoms with Crippen LogP contribution >= 0.6 is 0 Å². The van der Waals surface area contributed by atoms with Gasteiger partial charge in [0.2, 0.25) is 0 Å². The zero-order valence-electron chi connectivity index (χ0n) is 11.5. The molecule has 1 fully saturated rings. The monoisotopic (exact) mass is 274 g/mol. The Morgan fingerprint density at radius 3 is 2.90 bits per heavy atom. The minimum absolute atomic E-state index is 0.327. The maximum atomic E-state index is 5.95. The molecule has 1 N–H and O–H groups in total. The summed E-state index contributed by atoms with van der Waals surface area (Å²) >= 11 is 0. The molecule has 5 heteroatoms. The van der Waals surface area contributed by atoms with Gasteiger partial charge in [-0.05, 0) is 31.4 Å². The lowest BCUT2D eigenvalue weighted by atomic mass is 9.96. The highest BCUT2D eigenvalue weighted by atomic mass is 16.5. The second-order valence-corrected chi connectivity index (χ2v) is 4.86. The van der Waals surface area contributed by atoms with Crippen LogP contribution in [0, 0.1) is 0 Å². The number of anilines is 1. The van der Waals surface area contributed by atoms with Crippen LogP contribution in [-0.2, 0) is 6.54 Å². The molecule has 1 aliphatic carbocycles. The van der Waals surface area contributed by atoms with Crippen LogP contribution in [-0.4, -0.2) is 18.2 Å². The molecule has 0 atom stereocenters. The summed E-state index contributed by atoms with van der Waals surface area (Å²) in [6, 6.07) is 5.84. The summed E-state index contributed by atoms with van der Waals surface area (Å²) in [6.45, 7) is 0.592. The summed E-state index contributed by atoms with van der Waals surface area (Å²) < 4.78 is 16.5. The summed E-state index contributed by atoms with van der Waals surface area (Å²) in [7, 11) is 1.66. The minimum Gasteiger partial charge on any atom is -0.493 e. The second-order valence-electron chi connectivity index (χ2n) is 4.86. The first-order valence-corrected chi connectivity index (χ1v) is 6.81. The van der Waals surface area contributed by atoms with E-state index in [1.807, 2.05) is 18.2 Å². The van der Waals surface area contributed by atoms with Crippen LogP contribution in [0.4, 0.5) is 5.69 Å². The molecule has 1 saturated carbocycles. The Hall–Kier alpha value is -2.17. The molecular weight excluding hydrogens is 256 g/mol. The number of ether oxygens (including phenoxy) is 2. The lowest BCUT2D eigenvalue weighted by molar-refractivity contribution is 0.116. The van der Waals surface area contributed by atoms with Crippen molar-refractivity contribution in [2.45, 2.75) is 31.9 Å². The van der Waals surface area contributed by atoms with Gasteiger partial charge in [-0.15, -0.1) is 0 Å². The van der Waals surface area contributed by atoms with E-state index in [1.165, 1.54) is 12.8 Å². The Balaban J connectivity index is 1.69. The Labute approximate surface area is 117 Å². The first-order valence-electron chi connectivity index (χ1n) is 6.81. The van der Waals surface area contributed by atoms with Crippen LogP contribution in [0.5, 0.6) is 11.5 Å². The Morgan fingerprint density at radius 1 is 1.35 bits per heavy atom. The first-order chi connectivity index (χ1) is 9.85. The van der Waals surface area contributed by atoms with Gasteiger partial charge in [-0.1, -0.05) is 0 Å². The van der Waals surface area contributed by atoms with Crippen molar-refractivity contribution in [3.63, 3.8) is 0 Å². The zero-order valence-corrected chi connectivity index (χ0v) is 11.5. The fraction of sp³-hybridized carbons (Fsp3) is 0.400. The van der Waals surface area contributed by atoms with Crippen LogP contribution < -0.4 is 14.8 Å². The average molecular weight is 274 g/mol. The molecule has 0 unspecified atom stereocenters. The highest BCUT2D eigenvalue weighted by Crippen LogP contribution is 2.34. The molecule has 1 aromatic heterocycles. The van der Waals surface area contributed by atoms with E-state index in [4.69, 9.17) is 13.9 Å². The third kappa shape index (κ3) is 2.87. The number of hydrogen-bond donors (Lipinski definition) is 1. The second kappa shape index (κ2) is 5.86. The van der Waals surface area contributed by atoms with E-state index in [0.717, 1.165) is 35.8 Å². The number of nitrogens with zero attached hydrogens (tertiary/aromatic N) is 1. The van der Waals surface area contributed by atoms with E-state index in [-0.39, 0.29) is 0 Å². The largest absolute Gasteiger partial charge is 0.493 e. The molecular formula is C15H18N2O3. The van der Waals surface area contributed by atoms with Crippen molar-refractivity contribution in [2.24, 2.45) is 0 Å². The van der Waals surface area contributed by atoms with Crippen molar-refractivity contribution in [2.75, 3.05) is 12.4 Å². The van der Waals surface area contributed by atoms with Gasteiger partial charge in [0, 0.05) is 11.8 Å². The maximum Gasteiger partial charge on any atom is 0.180 e. The van der Waals surface area contributed by atoms with Crippen LogP contribution in [0.15, 0.2) is 35.2 Å². The van der Waals surface area contributed by atoms with Gasteiger partial charge in [0.1, 0.15) is 5.76 Å². The van der Waals surface area contributed by atoms with Gasteiger partial charge in [-0.3, -0.25) is 0 Å². The van der Waals surface area contributed by atoms with E-state index in [1.54, 1.807) is 13.3 Å². The molecule has 2 aromatic rings. The molecule has 1 heterocycles. The molecule has 1 aromatic carbocycles. The third-order valence-corrected chi connectivity index (χ3v) is 3.46. The van der Waals surface area contributed by atoms with Gasteiger partial charge in [0.05, 0.1) is 26.0 Å². The van der Waals surface area contributed by atoms with Gasteiger partial charge >= 0.3 is 0 Å². The number of benzene rings is 1. The molecule has 5 nitrogen and oxygen atoms in total. The number of oxazole rings is 1. The minimum atomic E-state index is 0.327. The van der Waals surface area contributed by atoms with Crippen molar-refractivity contribution in [1.82, 2.24) is 4.98 Å². The van der Waals surface area contributed by atoms with Crippen molar-refractivity contribution in [3.05, 3.63) is 36.5 Å². The summed E-state index contributed by atoms with van der Waals surface area (Å²) in [5.74, 6) is 2.35. The molecule has 0 saturated heterocycles. The van der Waals surface area contributed by atoms with Gasteiger partial charge in [0.25, 0.3) is 0 Å². The van der Waals surface area contributed by atoms with Gasteiger partial charge in [0.15, 0.2) is 17.9 Å². The molecule has 3 rings (SSSR count). The zero-order chi connectivity index (χ0) is 13.8. The number of nitrogens with one attached hydrogen (secondary N) is 1. The lowest BCUT2D eigenvalue weighted by Crippen LogP contribution is -2.24. The summed E-state index contributed by atoms with van der Waals surface area (Å²) in [4.78, 5) is 3.89. The summed E-state index contributed by atoms with van der Waals surface area (Å²) in [6.07, 6.45) is 6.94. The lowest BCUT2D eigenvalue weighted by Gasteiger charge is -2.27. The van der Waals surface area contributed by atoms with Crippen LogP contribution in [0.1, 0.15) is 25.0 Å². The highest BCUT2D eigenvalue weighted by molar-refractivity contribution is 5.54. The predicted molar refractivity (Wildman–Crippen MR) is 75.1 cm³/mol. The average Bonchev–Trinajstić information content (AvgIpc) is 2.94. The van der Waals surface area contributed by atoms with Crippen molar-refractivity contribution < 1.29 is 13.9 Å². The standard InChI is InChI=1S/C15H18N2O3/c1-18-14-6-5-11(17-9-13-8-16-10-19-13)7-15(14)20-12-3-2-4-12/h5-8,10,12,17H,2-4,9H2,1H3. The predicted octanol–water partition coefficient (Wildman–Crippen LogP) is 3.23.